The minimum absolute atomic E-state index is 0.110. The summed E-state index contributed by atoms with van der Waals surface area (Å²) < 4.78 is 22.7. The second-order valence-corrected chi connectivity index (χ2v) is 6.87. The lowest BCUT2D eigenvalue weighted by Crippen LogP contribution is -2.32. The van der Waals surface area contributed by atoms with E-state index in [1.54, 1.807) is 0 Å². The van der Waals surface area contributed by atoms with Gasteiger partial charge in [-0.1, -0.05) is 35.4 Å². The van der Waals surface area contributed by atoms with Crippen LogP contribution in [-0.2, 0) is 15.9 Å². The van der Waals surface area contributed by atoms with Crippen molar-refractivity contribution in [2.24, 2.45) is 0 Å². The Kier molecular flexibility index (Phi) is 4.64. The van der Waals surface area contributed by atoms with E-state index in [1.807, 2.05) is 6.07 Å². The standard InChI is InChI=1S/C21H24O4/c1-14-3-5-19(24-13-18-12-23-18)16(9-14)11-17-10-15(2)4-6-20(17)25-21-7-8-22-21/h3-6,9-10,18,21H,7-8,11-13H2,1-2H3. The van der Waals surface area contributed by atoms with Crippen molar-refractivity contribution in [3.63, 3.8) is 0 Å². The Balaban J connectivity index is 1.57. The molecule has 2 aromatic rings. The van der Waals surface area contributed by atoms with Gasteiger partial charge in [0.2, 0.25) is 6.29 Å². The van der Waals surface area contributed by atoms with E-state index in [9.17, 15) is 0 Å². The van der Waals surface area contributed by atoms with Crippen molar-refractivity contribution in [1.82, 2.24) is 0 Å². The van der Waals surface area contributed by atoms with E-state index in [-0.39, 0.29) is 12.4 Å². The van der Waals surface area contributed by atoms with E-state index in [0.29, 0.717) is 6.61 Å². The van der Waals surface area contributed by atoms with Gasteiger partial charge in [0.25, 0.3) is 0 Å². The molecule has 2 saturated heterocycles. The first-order valence-corrected chi connectivity index (χ1v) is 8.89. The molecule has 2 aliphatic heterocycles. The van der Waals surface area contributed by atoms with Crippen LogP contribution in [0.5, 0.6) is 11.5 Å². The van der Waals surface area contributed by atoms with Gasteiger partial charge in [0.05, 0.1) is 13.2 Å². The van der Waals surface area contributed by atoms with Crippen LogP contribution in [-0.4, -0.2) is 32.2 Å². The van der Waals surface area contributed by atoms with E-state index >= 15 is 0 Å². The summed E-state index contributed by atoms with van der Waals surface area (Å²) in [5, 5.41) is 0. The largest absolute Gasteiger partial charge is 0.490 e. The molecular formula is C21H24O4. The average molecular weight is 340 g/mol. The Morgan fingerprint density at radius 3 is 2.20 bits per heavy atom. The highest BCUT2D eigenvalue weighted by atomic mass is 16.7. The highest BCUT2D eigenvalue weighted by Gasteiger charge is 2.24. The summed E-state index contributed by atoms with van der Waals surface area (Å²) in [4.78, 5) is 0. The Morgan fingerprint density at radius 1 is 0.960 bits per heavy atom. The third-order valence-electron chi connectivity index (χ3n) is 4.56. The van der Waals surface area contributed by atoms with E-state index < -0.39 is 0 Å². The van der Waals surface area contributed by atoms with Crippen LogP contribution < -0.4 is 9.47 Å². The highest BCUT2D eigenvalue weighted by Crippen LogP contribution is 2.30. The van der Waals surface area contributed by atoms with Gasteiger partial charge in [-0.15, -0.1) is 0 Å². The summed E-state index contributed by atoms with van der Waals surface area (Å²) in [5.74, 6) is 1.82. The quantitative estimate of drug-likeness (QED) is 0.719. The fourth-order valence-electron chi connectivity index (χ4n) is 2.95. The molecule has 0 aromatic heterocycles. The van der Waals surface area contributed by atoms with Gasteiger partial charge >= 0.3 is 0 Å². The van der Waals surface area contributed by atoms with E-state index in [4.69, 9.17) is 18.9 Å². The van der Waals surface area contributed by atoms with Crippen LogP contribution in [0.25, 0.3) is 0 Å². The number of rotatable bonds is 7. The first-order valence-electron chi connectivity index (χ1n) is 8.89. The molecule has 2 fully saturated rings. The van der Waals surface area contributed by atoms with Gasteiger partial charge in [0.1, 0.15) is 24.2 Å². The average Bonchev–Trinajstić information content (AvgIpc) is 3.36. The number of hydrogen-bond donors (Lipinski definition) is 0. The molecule has 4 heteroatoms. The molecule has 0 N–H and O–H groups in total. The van der Waals surface area contributed by atoms with Crippen LogP contribution in [0.2, 0.25) is 0 Å². The van der Waals surface area contributed by atoms with E-state index in [1.165, 1.54) is 16.7 Å². The number of benzene rings is 2. The maximum atomic E-state index is 6.00. The van der Waals surface area contributed by atoms with Crippen molar-refractivity contribution in [1.29, 1.82) is 0 Å². The van der Waals surface area contributed by atoms with Gasteiger partial charge in [-0.25, -0.2) is 0 Å². The fraction of sp³-hybridized carbons (Fsp3) is 0.429. The normalized spacial score (nSPS) is 21.5. The lowest BCUT2D eigenvalue weighted by atomic mass is 9.99. The number of hydrogen-bond acceptors (Lipinski definition) is 4. The van der Waals surface area contributed by atoms with Crippen molar-refractivity contribution in [3.8, 4) is 11.5 Å². The van der Waals surface area contributed by atoms with E-state index in [2.05, 4.69) is 44.2 Å². The first kappa shape index (κ1) is 16.4. The maximum absolute atomic E-state index is 6.00. The third kappa shape index (κ3) is 4.14. The molecule has 2 aromatic carbocycles. The maximum Gasteiger partial charge on any atom is 0.202 e. The van der Waals surface area contributed by atoms with Crippen LogP contribution >= 0.6 is 0 Å². The van der Waals surface area contributed by atoms with Crippen molar-refractivity contribution in [2.45, 2.75) is 39.1 Å². The smallest absolute Gasteiger partial charge is 0.202 e. The van der Waals surface area contributed by atoms with Crippen molar-refractivity contribution in [2.75, 3.05) is 19.8 Å². The molecule has 0 radical (unpaired) electrons. The Morgan fingerprint density at radius 2 is 1.60 bits per heavy atom. The lowest BCUT2D eigenvalue weighted by Gasteiger charge is -2.28. The molecule has 0 spiro atoms. The summed E-state index contributed by atoms with van der Waals surface area (Å²) >= 11 is 0. The molecule has 0 aliphatic carbocycles. The predicted molar refractivity (Wildman–Crippen MR) is 95.4 cm³/mol. The second kappa shape index (κ2) is 7.06. The SMILES string of the molecule is Cc1ccc(OCC2CO2)c(Cc2cc(C)ccc2OC2CCO2)c1. The molecule has 0 bridgehead atoms. The van der Waals surface area contributed by atoms with Gasteiger partial charge in [0, 0.05) is 12.8 Å². The molecule has 2 atom stereocenters. The Labute approximate surface area is 148 Å². The number of epoxide rings is 1. The van der Waals surface area contributed by atoms with Crippen LogP contribution in [0.4, 0.5) is 0 Å². The molecule has 4 rings (SSSR count). The number of aryl methyl sites for hydroxylation is 2. The summed E-state index contributed by atoms with van der Waals surface area (Å²) in [7, 11) is 0. The van der Waals surface area contributed by atoms with Gasteiger partial charge in [-0.3, -0.25) is 0 Å². The molecule has 0 amide bonds. The summed E-state index contributed by atoms with van der Waals surface area (Å²) in [6, 6.07) is 12.6. The summed E-state index contributed by atoms with van der Waals surface area (Å²) in [5.41, 5.74) is 4.78. The van der Waals surface area contributed by atoms with Crippen molar-refractivity contribution >= 4 is 0 Å². The molecule has 2 aliphatic rings. The zero-order chi connectivity index (χ0) is 17.2. The summed E-state index contributed by atoms with van der Waals surface area (Å²) in [6.07, 6.45) is 1.87. The van der Waals surface area contributed by atoms with Crippen molar-refractivity contribution in [3.05, 3.63) is 58.7 Å². The third-order valence-corrected chi connectivity index (χ3v) is 4.56. The molecular weight excluding hydrogens is 316 g/mol. The minimum Gasteiger partial charge on any atom is -0.490 e. The van der Waals surface area contributed by atoms with E-state index in [0.717, 1.165) is 43.1 Å². The van der Waals surface area contributed by atoms with Gasteiger partial charge in [-0.05, 0) is 37.1 Å². The van der Waals surface area contributed by atoms with Crippen LogP contribution in [0, 0.1) is 13.8 Å². The monoisotopic (exact) mass is 340 g/mol. The zero-order valence-corrected chi connectivity index (χ0v) is 14.8. The first-order chi connectivity index (χ1) is 12.2. The topological polar surface area (TPSA) is 40.2 Å². The fourth-order valence-corrected chi connectivity index (χ4v) is 2.95. The second-order valence-electron chi connectivity index (χ2n) is 6.87. The van der Waals surface area contributed by atoms with Crippen LogP contribution in [0.15, 0.2) is 36.4 Å². The van der Waals surface area contributed by atoms with Gasteiger partial charge in [0.15, 0.2) is 0 Å². The van der Waals surface area contributed by atoms with Gasteiger partial charge < -0.3 is 18.9 Å². The number of ether oxygens (including phenoxy) is 4. The molecule has 132 valence electrons. The van der Waals surface area contributed by atoms with Crippen molar-refractivity contribution < 1.29 is 18.9 Å². The molecule has 2 unspecified atom stereocenters. The minimum atomic E-state index is -0.110. The Bertz CT molecular complexity index is 748. The molecule has 0 saturated carbocycles. The predicted octanol–water partition coefficient (Wildman–Crippen LogP) is 3.80. The lowest BCUT2D eigenvalue weighted by molar-refractivity contribution is -0.165. The highest BCUT2D eigenvalue weighted by molar-refractivity contribution is 5.45. The molecule has 2 heterocycles. The Hall–Kier alpha value is -2.04. The summed E-state index contributed by atoms with van der Waals surface area (Å²) in [6.45, 7) is 6.41. The van der Waals surface area contributed by atoms with Gasteiger partial charge in [-0.2, -0.15) is 0 Å². The molecule has 25 heavy (non-hydrogen) atoms. The van der Waals surface area contributed by atoms with Crippen LogP contribution in [0.3, 0.4) is 0 Å². The zero-order valence-electron chi connectivity index (χ0n) is 14.8. The van der Waals surface area contributed by atoms with Crippen LogP contribution in [0.1, 0.15) is 28.7 Å². The molecule has 4 nitrogen and oxygen atoms in total.